The van der Waals surface area contributed by atoms with Crippen LogP contribution in [0.25, 0.3) is 10.8 Å². The lowest BCUT2D eigenvalue weighted by molar-refractivity contribution is 0.0497. The van der Waals surface area contributed by atoms with Crippen molar-refractivity contribution in [1.29, 1.82) is 0 Å². The summed E-state index contributed by atoms with van der Waals surface area (Å²) in [5.41, 5.74) is 1.48. The number of hydrogen-bond acceptors (Lipinski definition) is 4. The molecule has 6 nitrogen and oxygen atoms in total. The van der Waals surface area contributed by atoms with Gasteiger partial charge < -0.3 is 10.0 Å². The third-order valence-corrected chi connectivity index (χ3v) is 5.07. The second kappa shape index (κ2) is 7.25. The molecule has 1 aromatic heterocycles. The van der Waals surface area contributed by atoms with Crippen molar-refractivity contribution in [3.8, 4) is 0 Å². The Kier molecular flexibility index (Phi) is 4.67. The van der Waals surface area contributed by atoms with Crippen molar-refractivity contribution in [3.63, 3.8) is 0 Å². The molecule has 1 amide bonds. The molecule has 3 aromatic rings. The van der Waals surface area contributed by atoms with Gasteiger partial charge in [-0.15, -0.1) is 5.10 Å². The lowest BCUT2D eigenvalue weighted by Gasteiger charge is -2.33. The third-order valence-electron chi connectivity index (χ3n) is 5.07. The number of carbonyl (C=O) groups is 1. The minimum absolute atomic E-state index is 0.00409. The Bertz CT molecular complexity index is 916. The predicted molar refractivity (Wildman–Crippen MR) is 98.8 cm³/mol. The fraction of sp³-hybridized carbons (Fsp3) is 0.350. The molecule has 26 heavy (non-hydrogen) atoms. The van der Waals surface area contributed by atoms with Crippen molar-refractivity contribution in [2.24, 2.45) is 0 Å². The zero-order valence-electron chi connectivity index (χ0n) is 14.6. The van der Waals surface area contributed by atoms with Gasteiger partial charge in [0.2, 0.25) is 0 Å². The van der Waals surface area contributed by atoms with Crippen LogP contribution in [-0.4, -0.2) is 50.1 Å². The number of aromatic nitrogens is 3. The van der Waals surface area contributed by atoms with E-state index in [0.29, 0.717) is 18.8 Å². The van der Waals surface area contributed by atoms with Crippen LogP contribution >= 0.6 is 0 Å². The summed E-state index contributed by atoms with van der Waals surface area (Å²) in [5, 5.41) is 20.1. The summed E-state index contributed by atoms with van der Waals surface area (Å²) in [5.74, 6) is -0.145. The standard InChI is InChI=1S/C20H22N4O2/c25-14-17-9-3-4-11-24(17)20(26)19-13-23(22-21-19)12-16-8-5-7-15-6-1-2-10-18(15)16/h1-2,5-8,10,13,17,25H,3-4,9,11-12,14H2/t17-/m1/s1. The first-order valence-corrected chi connectivity index (χ1v) is 9.05. The lowest BCUT2D eigenvalue weighted by atomic mass is 10.0. The van der Waals surface area contributed by atoms with E-state index in [-0.39, 0.29) is 18.6 Å². The number of piperidine rings is 1. The molecule has 6 heteroatoms. The number of rotatable bonds is 4. The first-order chi connectivity index (χ1) is 12.8. The number of amides is 1. The van der Waals surface area contributed by atoms with Gasteiger partial charge in [-0.1, -0.05) is 47.7 Å². The fourth-order valence-electron chi connectivity index (χ4n) is 3.68. The fourth-order valence-corrected chi connectivity index (χ4v) is 3.68. The predicted octanol–water partition coefficient (Wildman–Crippen LogP) is 2.47. The van der Waals surface area contributed by atoms with E-state index in [4.69, 9.17) is 0 Å². The van der Waals surface area contributed by atoms with Crippen molar-refractivity contribution < 1.29 is 9.90 Å². The Labute approximate surface area is 152 Å². The van der Waals surface area contributed by atoms with E-state index in [1.54, 1.807) is 15.8 Å². The number of aliphatic hydroxyl groups is 1. The average molecular weight is 350 g/mol. The van der Waals surface area contributed by atoms with Gasteiger partial charge in [-0.3, -0.25) is 4.79 Å². The first kappa shape index (κ1) is 16.7. The molecule has 0 spiro atoms. The van der Waals surface area contributed by atoms with Crippen LogP contribution in [0.5, 0.6) is 0 Å². The monoisotopic (exact) mass is 350 g/mol. The molecule has 1 N–H and O–H groups in total. The summed E-state index contributed by atoms with van der Waals surface area (Å²) in [6.07, 6.45) is 4.55. The molecule has 2 heterocycles. The second-order valence-corrected chi connectivity index (χ2v) is 6.77. The van der Waals surface area contributed by atoms with Crippen LogP contribution < -0.4 is 0 Å². The molecule has 1 atom stereocenters. The van der Waals surface area contributed by atoms with Gasteiger partial charge in [-0.05, 0) is 35.6 Å². The molecule has 134 valence electrons. The van der Waals surface area contributed by atoms with Gasteiger partial charge in [0, 0.05) is 6.54 Å². The van der Waals surface area contributed by atoms with Crippen molar-refractivity contribution in [3.05, 3.63) is 59.9 Å². The van der Waals surface area contributed by atoms with Gasteiger partial charge in [0.25, 0.3) is 5.91 Å². The van der Waals surface area contributed by atoms with E-state index in [9.17, 15) is 9.90 Å². The molecule has 0 saturated carbocycles. The molecule has 0 radical (unpaired) electrons. The Morgan fingerprint density at radius 1 is 1.15 bits per heavy atom. The van der Waals surface area contributed by atoms with Crippen LogP contribution in [0.15, 0.2) is 48.7 Å². The maximum atomic E-state index is 12.7. The highest BCUT2D eigenvalue weighted by molar-refractivity contribution is 5.92. The quantitative estimate of drug-likeness (QED) is 0.785. The van der Waals surface area contributed by atoms with Gasteiger partial charge in [0.05, 0.1) is 25.4 Å². The zero-order chi connectivity index (χ0) is 17.9. The van der Waals surface area contributed by atoms with Gasteiger partial charge >= 0.3 is 0 Å². The molecule has 0 bridgehead atoms. The Morgan fingerprint density at radius 2 is 2.00 bits per heavy atom. The normalized spacial score (nSPS) is 17.6. The molecule has 0 unspecified atom stereocenters. The molecule has 1 aliphatic rings. The van der Waals surface area contributed by atoms with E-state index in [0.717, 1.165) is 24.8 Å². The Balaban J connectivity index is 1.55. The number of fused-ring (bicyclic) bond motifs is 1. The molecule has 0 aliphatic carbocycles. The van der Waals surface area contributed by atoms with Crippen LogP contribution in [0.2, 0.25) is 0 Å². The largest absolute Gasteiger partial charge is 0.394 e. The third kappa shape index (κ3) is 3.20. The van der Waals surface area contributed by atoms with Crippen LogP contribution in [-0.2, 0) is 6.54 Å². The van der Waals surface area contributed by atoms with E-state index < -0.39 is 0 Å². The van der Waals surface area contributed by atoms with Crippen molar-refractivity contribution in [2.75, 3.05) is 13.2 Å². The van der Waals surface area contributed by atoms with E-state index in [1.165, 1.54) is 10.8 Å². The SMILES string of the molecule is O=C(c1cn(Cc2cccc3ccccc23)nn1)N1CCCC[C@@H]1CO. The minimum atomic E-state index is -0.145. The van der Waals surface area contributed by atoms with Gasteiger partial charge in [-0.25, -0.2) is 4.68 Å². The number of aliphatic hydroxyl groups excluding tert-OH is 1. The minimum Gasteiger partial charge on any atom is -0.394 e. The number of hydrogen-bond donors (Lipinski definition) is 1. The summed E-state index contributed by atoms with van der Waals surface area (Å²) in [7, 11) is 0. The summed E-state index contributed by atoms with van der Waals surface area (Å²) in [4.78, 5) is 14.5. The maximum Gasteiger partial charge on any atom is 0.276 e. The molecule has 2 aromatic carbocycles. The van der Waals surface area contributed by atoms with Crippen molar-refractivity contribution in [1.82, 2.24) is 19.9 Å². The van der Waals surface area contributed by atoms with Crippen LogP contribution in [0.1, 0.15) is 35.3 Å². The topological polar surface area (TPSA) is 71.2 Å². The molecular formula is C20H22N4O2. The summed E-state index contributed by atoms with van der Waals surface area (Å²) < 4.78 is 1.70. The summed E-state index contributed by atoms with van der Waals surface area (Å²) in [6, 6.07) is 14.3. The average Bonchev–Trinajstić information content (AvgIpc) is 3.16. The van der Waals surface area contributed by atoms with Crippen LogP contribution in [0.4, 0.5) is 0 Å². The Hall–Kier alpha value is -2.73. The molecule has 1 fully saturated rings. The lowest BCUT2D eigenvalue weighted by Crippen LogP contribution is -2.45. The maximum absolute atomic E-state index is 12.7. The number of carbonyl (C=O) groups excluding carboxylic acids is 1. The highest BCUT2D eigenvalue weighted by Gasteiger charge is 2.28. The van der Waals surface area contributed by atoms with Gasteiger partial charge in [0.1, 0.15) is 0 Å². The van der Waals surface area contributed by atoms with Gasteiger partial charge in [-0.2, -0.15) is 0 Å². The van der Waals surface area contributed by atoms with Gasteiger partial charge in [0.15, 0.2) is 5.69 Å². The Morgan fingerprint density at radius 3 is 2.88 bits per heavy atom. The smallest absolute Gasteiger partial charge is 0.276 e. The number of likely N-dealkylation sites (tertiary alicyclic amines) is 1. The molecule has 1 saturated heterocycles. The van der Waals surface area contributed by atoms with Crippen LogP contribution in [0, 0.1) is 0 Å². The number of benzene rings is 2. The summed E-state index contributed by atoms with van der Waals surface area (Å²) in [6.45, 7) is 1.22. The van der Waals surface area contributed by atoms with E-state index in [1.807, 2.05) is 18.2 Å². The van der Waals surface area contributed by atoms with E-state index in [2.05, 4.69) is 34.6 Å². The summed E-state index contributed by atoms with van der Waals surface area (Å²) >= 11 is 0. The zero-order valence-corrected chi connectivity index (χ0v) is 14.6. The van der Waals surface area contributed by atoms with Crippen molar-refractivity contribution >= 4 is 16.7 Å². The first-order valence-electron chi connectivity index (χ1n) is 9.05. The highest BCUT2D eigenvalue weighted by atomic mass is 16.3. The van der Waals surface area contributed by atoms with Crippen molar-refractivity contribution in [2.45, 2.75) is 31.8 Å². The second-order valence-electron chi connectivity index (χ2n) is 6.77. The number of nitrogens with zero attached hydrogens (tertiary/aromatic N) is 4. The molecule has 1 aliphatic heterocycles. The molecular weight excluding hydrogens is 328 g/mol. The highest BCUT2D eigenvalue weighted by Crippen LogP contribution is 2.20. The van der Waals surface area contributed by atoms with E-state index >= 15 is 0 Å². The van der Waals surface area contributed by atoms with Crippen LogP contribution in [0.3, 0.4) is 0 Å². The molecule has 4 rings (SSSR count).